The second-order valence-electron chi connectivity index (χ2n) is 3.75. The van der Waals surface area contributed by atoms with Crippen LogP contribution in [-0.2, 0) is 14.3 Å². The first-order chi connectivity index (χ1) is 8.47. The van der Waals surface area contributed by atoms with Crippen LogP contribution in [0.4, 0.5) is 11.4 Å². The van der Waals surface area contributed by atoms with E-state index in [9.17, 15) is 9.59 Å². The average Bonchev–Trinajstić information content (AvgIpc) is 2.35. The van der Waals surface area contributed by atoms with E-state index in [1.807, 2.05) is 0 Å². The third-order valence-corrected chi connectivity index (χ3v) is 2.49. The number of benzene rings is 1. The SMILES string of the molecule is COC(C)C(=O)N(CC(=O)O)c1ccccc1N. The predicted molar refractivity (Wildman–Crippen MR) is 67.3 cm³/mol. The predicted octanol–water partition coefficient (Wildman–Crippen LogP) is 0.721. The van der Waals surface area contributed by atoms with E-state index in [1.165, 1.54) is 7.11 Å². The van der Waals surface area contributed by atoms with Gasteiger partial charge in [0.05, 0.1) is 11.4 Å². The molecule has 0 fully saturated rings. The maximum absolute atomic E-state index is 12.0. The zero-order valence-electron chi connectivity index (χ0n) is 10.3. The molecule has 0 aliphatic rings. The van der Waals surface area contributed by atoms with Crippen LogP contribution >= 0.6 is 0 Å². The highest BCUT2D eigenvalue weighted by molar-refractivity contribution is 6.01. The van der Waals surface area contributed by atoms with Crippen molar-refractivity contribution in [2.75, 3.05) is 24.3 Å². The minimum absolute atomic E-state index is 0.343. The number of nitrogens with two attached hydrogens (primary N) is 1. The normalized spacial score (nSPS) is 11.9. The Kier molecular flexibility index (Phi) is 4.67. The van der Waals surface area contributed by atoms with Gasteiger partial charge in [0.1, 0.15) is 12.6 Å². The van der Waals surface area contributed by atoms with E-state index in [0.29, 0.717) is 11.4 Å². The summed E-state index contributed by atoms with van der Waals surface area (Å²) in [5, 5.41) is 8.86. The zero-order chi connectivity index (χ0) is 13.7. The Labute approximate surface area is 105 Å². The van der Waals surface area contributed by atoms with E-state index in [-0.39, 0.29) is 0 Å². The molecule has 0 aromatic heterocycles. The van der Waals surface area contributed by atoms with Crippen molar-refractivity contribution in [3.8, 4) is 0 Å². The van der Waals surface area contributed by atoms with Gasteiger partial charge in [0.2, 0.25) is 0 Å². The van der Waals surface area contributed by atoms with Gasteiger partial charge in [-0.1, -0.05) is 12.1 Å². The monoisotopic (exact) mass is 252 g/mol. The number of methoxy groups -OCH3 is 1. The van der Waals surface area contributed by atoms with Crippen molar-refractivity contribution >= 4 is 23.3 Å². The summed E-state index contributed by atoms with van der Waals surface area (Å²) in [5.74, 6) is -1.56. The molecule has 1 unspecified atom stereocenters. The van der Waals surface area contributed by atoms with Crippen molar-refractivity contribution in [1.82, 2.24) is 0 Å². The number of nitrogen functional groups attached to an aromatic ring is 1. The molecule has 1 amide bonds. The minimum Gasteiger partial charge on any atom is -0.480 e. The first-order valence-corrected chi connectivity index (χ1v) is 5.37. The molecule has 6 heteroatoms. The molecule has 1 atom stereocenters. The number of hydrogen-bond acceptors (Lipinski definition) is 4. The first-order valence-electron chi connectivity index (χ1n) is 5.37. The number of carboxylic acid groups (broad SMARTS) is 1. The van der Waals surface area contributed by atoms with Crippen LogP contribution in [0.25, 0.3) is 0 Å². The maximum atomic E-state index is 12.0. The summed E-state index contributed by atoms with van der Waals surface area (Å²) in [6.45, 7) is 1.09. The van der Waals surface area contributed by atoms with Crippen LogP contribution in [0.5, 0.6) is 0 Å². The van der Waals surface area contributed by atoms with E-state index >= 15 is 0 Å². The molecule has 3 N–H and O–H groups in total. The van der Waals surface area contributed by atoms with Crippen LogP contribution in [0.2, 0.25) is 0 Å². The lowest BCUT2D eigenvalue weighted by molar-refractivity contribution is -0.137. The highest BCUT2D eigenvalue weighted by Gasteiger charge is 2.25. The van der Waals surface area contributed by atoms with E-state index < -0.39 is 24.5 Å². The van der Waals surface area contributed by atoms with Crippen LogP contribution in [-0.4, -0.2) is 36.7 Å². The Hall–Kier alpha value is -2.08. The van der Waals surface area contributed by atoms with Gasteiger partial charge in [-0.25, -0.2) is 0 Å². The molecule has 0 aliphatic heterocycles. The van der Waals surface area contributed by atoms with Gasteiger partial charge in [-0.3, -0.25) is 14.5 Å². The lowest BCUT2D eigenvalue weighted by Crippen LogP contribution is -2.42. The van der Waals surface area contributed by atoms with Crippen molar-refractivity contribution in [3.05, 3.63) is 24.3 Å². The van der Waals surface area contributed by atoms with Crippen LogP contribution < -0.4 is 10.6 Å². The zero-order valence-corrected chi connectivity index (χ0v) is 10.3. The second kappa shape index (κ2) is 6.02. The molecule has 0 saturated carbocycles. The average molecular weight is 252 g/mol. The molecule has 1 rings (SSSR count). The van der Waals surface area contributed by atoms with Crippen LogP contribution in [0.3, 0.4) is 0 Å². The molecule has 0 saturated heterocycles. The fraction of sp³-hybridized carbons (Fsp3) is 0.333. The molecule has 98 valence electrons. The Morgan fingerprint density at radius 2 is 2.06 bits per heavy atom. The van der Waals surface area contributed by atoms with Crippen molar-refractivity contribution in [1.29, 1.82) is 0 Å². The van der Waals surface area contributed by atoms with E-state index in [4.69, 9.17) is 15.6 Å². The molecule has 0 bridgehead atoms. The number of carbonyl (C=O) groups is 2. The number of nitrogens with zero attached hydrogens (tertiary/aromatic N) is 1. The summed E-state index contributed by atoms with van der Waals surface area (Å²) < 4.78 is 4.91. The Morgan fingerprint density at radius 1 is 1.44 bits per heavy atom. The third-order valence-electron chi connectivity index (χ3n) is 2.49. The molecule has 0 heterocycles. The van der Waals surface area contributed by atoms with Crippen LogP contribution in [0, 0.1) is 0 Å². The highest BCUT2D eigenvalue weighted by Crippen LogP contribution is 2.23. The molecule has 1 aromatic rings. The van der Waals surface area contributed by atoms with Crippen LogP contribution in [0.15, 0.2) is 24.3 Å². The first kappa shape index (κ1) is 14.0. The number of carbonyl (C=O) groups excluding carboxylic acids is 1. The van der Waals surface area contributed by atoms with Crippen molar-refractivity contribution in [2.45, 2.75) is 13.0 Å². The summed E-state index contributed by atoms with van der Waals surface area (Å²) >= 11 is 0. The summed E-state index contributed by atoms with van der Waals surface area (Å²) in [6, 6.07) is 6.60. The van der Waals surface area contributed by atoms with E-state index in [0.717, 1.165) is 4.90 Å². The largest absolute Gasteiger partial charge is 0.480 e. The molecule has 18 heavy (non-hydrogen) atoms. The number of aliphatic carboxylic acids is 1. The Morgan fingerprint density at radius 3 is 2.56 bits per heavy atom. The topological polar surface area (TPSA) is 92.9 Å². The molecule has 0 aliphatic carbocycles. The number of rotatable bonds is 5. The number of ether oxygens (including phenoxy) is 1. The lowest BCUT2D eigenvalue weighted by atomic mass is 10.2. The standard InChI is InChI=1S/C12H16N2O4/c1-8(18-2)12(17)14(7-11(15)16)10-6-4-3-5-9(10)13/h3-6,8H,7,13H2,1-2H3,(H,15,16). The quantitative estimate of drug-likeness (QED) is 0.753. The van der Waals surface area contributed by atoms with Gasteiger partial charge in [0.25, 0.3) is 5.91 Å². The van der Waals surface area contributed by atoms with Crippen molar-refractivity contribution in [2.24, 2.45) is 0 Å². The lowest BCUT2D eigenvalue weighted by Gasteiger charge is -2.24. The summed E-state index contributed by atoms with van der Waals surface area (Å²) in [6.07, 6.45) is -0.732. The number of hydrogen-bond donors (Lipinski definition) is 2. The van der Waals surface area contributed by atoms with Gasteiger partial charge in [-0.15, -0.1) is 0 Å². The smallest absolute Gasteiger partial charge is 0.323 e. The molecular formula is C12H16N2O4. The van der Waals surface area contributed by atoms with Crippen molar-refractivity contribution in [3.63, 3.8) is 0 Å². The fourth-order valence-electron chi connectivity index (χ4n) is 1.47. The Balaban J connectivity index is 3.10. The molecule has 6 nitrogen and oxygen atoms in total. The molecular weight excluding hydrogens is 236 g/mol. The fourth-order valence-corrected chi connectivity index (χ4v) is 1.47. The van der Waals surface area contributed by atoms with E-state index in [1.54, 1.807) is 31.2 Å². The van der Waals surface area contributed by atoms with Gasteiger partial charge >= 0.3 is 5.97 Å². The highest BCUT2D eigenvalue weighted by atomic mass is 16.5. The molecule has 1 aromatic carbocycles. The molecule has 0 radical (unpaired) electrons. The van der Waals surface area contributed by atoms with E-state index in [2.05, 4.69) is 0 Å². The van der Waals surface area contributed by atoms with Gasteiger partial charge in [0.15, 0.2) is 0 Å². The minimum atomic E-state index is -1.12. The summed E-state index contributed by atoms with van der Waals surface area (Å²) in [7, 11) is 1.38. The van der Waals surface area contributed by atoms with Gasteiger partial charge in [-0.2, -0.15) is 0 Å². The number of carboxylic acids is 1. The van der Waals surface area contributed by atoms with Gasteiger partial charge in [0, 0.05) is 7.11 Å². The second-order valence-corrected chi connectivity index (χ2v) is 3.75. The number of amides is 1. The summed E-state index contributed by atoms with van der Waals surface area (Å²) in [4.78, 5) is 24.0. The maximum Gasteiger partial charge on any atom is 0.323 e. The van der Waals surface area contributed by atoms with Gasteiger partial charge in [-0.05, 0) is 19.1 Å². The third kappa shape index (κ3) is 3.21. The van der Waals surface area contributed by atoms with Crippen molar-refractivity contribution < 1.29 is 19.4 Å². The number of anilines is 2. The Bertz CT molecular complexity index is 447. The molecule has 0 spiro atoms. The number of para-hydroxylation sites is 2. The van der Waals surface area contributed by atoms with Gasteiger partial charge < -0.3 is 15.6 Å². The summed E-state index contributed by atoms with van der Waals surface area (Å²) in [5.41, 5.74) is 6.46. The van der Waals surface area contributed by atoms with Crippen LogP contribution in [0.1, 0.15) is 6.92 Å².